The van der Waals surface area contributed by atoms with Crippen LogP contribution in [0.3, 0.4) is 0 Å². The predicted octanol–water partition coefficient (Wildman–Crippen LogP) is 4.09. The Morgan fingerprint density at radius 2 is 2.21 bits per heavy atom. The quantitative estimate of drug-likeness (QED) is 0.863. The lowest BCUT2D eigenvalue weighted by molar-refractivity contribution is 0.0698. The summed E-state index contributed by atoms with van der Waals surface area (Å²) in [6.45, 7) is 1.94. The number of carbonyl (C=O) groups is 2. The van der Waals surface area contributed by atoms with Crippen molar-refractivity contribution in [3.8, 4) is 0 Å². The van der Waals surface area contributed by atoms with Crippen LogP contribution in [0.15, 0.2) is 22.0 Å². The van der Waals surface area contributed by atoms with E-state index in [2.05, 4.69) is 21.2 Å². The molecule has 2 N–H and O–H groups in total. The van der Waals surface area contributed by atoms with Crippen molar-refractivity contribution in [3.05, 3.63) is 37.3 Å². The van der Waals surface area contributed by atoms with Gasteiger partial charge >= 0.3 is 5.97 Å². The van der Waals surface area contributed by atoms with E-state index in [1.165, 1.54) is 22.7 Å². The Morgan fingerprint density at radius 3 is 2.74 bits per heavy atom. The second-order valence-corrected chi connectivity index (χ2v) is 6.57. The lowest BCUT2D eigenvalue weighted by atomic mass is 10.2. The number of hydrogen-bond acceptors (Lipinski definition) is 4. The van der Waals surface area contributed by atoms with Crippen molar-refractivity contribution in [3.63, 3.8) is 0 Å². The summed E-state index contributed by atoms with van der Waals surface area (Å²) in [5, 5.41) is 14.0. The largest absolute Gasteiger partial charge is 0.478 e. The van der Waals surface area contributed by atoms with Gasteiger partial charge in [0.2, 0.25) is 0 Å². The fraction of sp³-hybridized carbons (Fsp3) is 0.167. The number of carboxylic acids is 1. The maximum absolute atomic E-state index is 12.1. The van der Waals surface area contributed by atoms with Crippen LogP contribution in [-0.2, 0) is 6.42 Å². The Morgan fingerprint density at radius 1 is 1.47 bits per heavy atom. The highest BCUT2D eigenvalue weighted by Crippen LogP contribution is 2.30. The van der Waals surface area contributed by atoms with Crippen molar-refractivity contribution in [2.75, 3.05) is 5.32 Å². The molecule has 0 unspecified atom stereocenters. The van der Waals surface area contributed by atoms with Crippen molar-refractivity contribution < 1.29 is 14.7 Å². The molecular weight excluding hydrogens is 350 g/mol. The van der Waals surface area contributed by atoms with Gasteiger partial charge in [-0.2, -0.15) is 0 Å². The molecule has 0 saturated heterocycles. The van der Waals surface area contributed by atoms with Crippen LogP contribution in [0.4, 0.5) is 5.00 Å². The van der Waals surface area contributed by atoms with Crippen LogP contribution in [0.2, 0.25) is 0 Å². The normalized spacial score (nSPS) is 10.4. The molecular formula is C12H10BrNO3S2. The molecule has 1 amide bonds. The first-order valence-electron chi connectivity index (χ1n) is 5.43. The van der Waals surface area contributed by atoms with Crippen molar-refractivity contribution in [1.82, 2.24) is 0 Å². The van der Waals surface area contributed by atoms with Gasteiger partial charge in [-0.05, 0) is 39.9 Å². The Labute approximate surface area is 126 Å². The van der Waals surface area contributed by atoms with E-state index in [0.29, 0.717) is 14.4 Å². The number of carboxylic acid groups (broad SMARTS) is 1. The highest BCUT2D eigenvalue weighted by molar-refractivity contribution is 9.10. The minimum absolute atomic E-state index is 0.142. The Hall–Kier alpha value is -1.18. The Kier molecular flexibility index (Phi) is 4.38. The second kappa shape index (κ2) is 5.85. The molecule has 0 aliphatic heterocycles. The van der Waals surface area contributed by atoms with Crippen LogP contribution in [0.1, 0.15) is 31.8 Å². The maximum atomic E-state index is 12.1. The summed E-state index contributed by atoms with van der Waals surface area (Å²) in [5.74, 6) is -1.33. The number of carbonyl (C=O) groups excluding carboxylic acids is 1. The van der Waals surface area contributed by atoms with E-state index < -0.39 is 5.97 Å². The summed E-state index contributed by atoms with van der Waals surface area (Å²) in [6, 6.07) is 3.38. The fourth-order valence-electron chi connectivity index (χ4n) is 1.48. The number of nitrogens with one attached hydrogen (secondary N) is 1. The molecule has 0 aliphatic carbocycles. The average molecular weight is 360 g/mol. The molecule has 0 spiro atoms. The van der Waals surface area contributed by atoms with E-state index in [1.54, 1.807) is 17.5 Å². The van der Waals surface area contributed by atoms with Gasteiger partial charge in [-0.15, -0.1) is 22.7 Å². The molecule has 0 aliphatic rings. The first-order chi connectivity index (χ1) is 9.02. The smallest absolute Gasteiger partial charge is 0.338 e. The lowest BCUT2D eigenvalue weighted by Gasteiger charge is -2.02. The molecule has 2 heterocycles. The topological polar surface area (TPSA) is 66.4 Å². The molecule has 0 radical (unpaired) electrons. The molecule has 100 valence electrons. The second-order valence-electron chi connectivity index (χ2n) is 3.67. The van der Waals surface area contributed by atoms with Crippen LogP contribution >= 0.6 is 38.6 Å². The van der Waals surface area contributed by atoms with Gasteiger partial charge in [-0.25, -0.2) is 4.79 Å². The number of rotatable bonds is 4. The van der Waals surface area contributed by atoms with Gasteiger partial charge < -0.3 is 10.4 Å². The minimum Gasteiger partial charge on any atom is -0.478 e. The van der Waals surface area contributed by atoms with Gasteiger partial charge in [-0.3, -0.25) is 4.79 Å². The first-order valence-corrected chi connectivity index (χ1v) is 7.92. The number of hydrogen-bond donors (Lipinski definition) is 2. The van der Waals surface area contributed by atoms with E-state index >= 15 is 0 Å². The SMILES string of the molecule is CCc1cc(C(=O)O)c(NC(=O)c2sccc2Br)s1. The standard InChI is InChI=1S/C12H10BrNO3S2/c1-2-6-5-7(12(16)17)11(19-6)14-10(15)9-8(13)3-4-18-9/h3-5H,2H2,1H3,(H,14,15)(H,16,17). The molecule has 0 bridgehead atoms. The third kappa shape index (κ3) is 3.05. The fourth-order valence-corrected chi connectivity index (χ4v) is 3.91. The average Bonchev–Trinajstić information content (AvgIpc) is 2.95. The molecule has 2 aromatic heterocycles. The van der Waals surface area contributed by atoms with Gasteiger partial charge in [0.1, 0.15) is 9.88 Å². The number of halogens is 1. The Bertz CT molecular complexity index is 633. The molecule has 0 atom stereocenters. The van der Waals surface area contributed by atoms with Crippen LogP contribution in [0.25, 0.3) is 0 Å². The molecule has 2 rings (SSSR count). The summed E-state index contributed by atoms with van der Waals surface area (Å²) < 4.78 is 0.708. The number of anilines is 1. The van der Waals surface area contributed by atoms with E-state index in [1.807, 2.05) is 6.92 Å². The van der Waals surface area contributed by atoms with E-state index in [4.69, 9.17) is 5.11 Å². The summed E-state index contributed by atoms with van der Waals surface area (Å²) in [7, 11) is 0. The zero-order valence-electron chi connectivity index (χ0n) is 9.90. The van der Waals surface area contributed by atoms with E-state index in [-0.39, 0.29) is 11.5 Å². The van der Waals surface area contributed by atoms with E-state index in [9.17, 15) is 9.59 Å². The highest BCUT2D eigenvalue weighted by atomic mass is 79.9. The van der Waals surface area contributed by atoms with E-state index in [0.717, 1.165) is 11.3 Å². The molecule has 0 saturated carbocycles. The molecule has 19 heavy (non-hydrogen) atoms. The molecule has 7 heteroatoms. The monoisotopic (exact) mass is 359 g/mol. The van der Waals surface area contributed by atoms with Crippen molar-refractivity contribution >= 4 is 55.5 Å². The van der Waals surface area contributed by atoms with Gasteiger partial charge in [0, 0.05) is 9.35 Å². The summed E-state index contributed by atoms with van der Waals surface area (Å²) in [5.41, 5.74) is 0.142. The summed E-state index contributed by atoms with van der Waals surface area (Å²) >= 11 is 5.88. The number of aromatic carboxylic acids is 1. The summed E-state index contributed by atoms with van der Waals surface area (Å²) in [6.07, 6.45) is 0.740. The number of amides is 1. The molecule has 0 fully saturated rings. The Balaban J connectivity index is 2.28. The van der Waals surface area contributed by atoms with Gasteiger partial charge in [0.15, 0.2) is 0 Å². The molecule has 0 aromatic carbocycles. The van der Waals surface area contributed by atoms with Crippen LogP contribution in [0, 0.1) is 0 Å². The molecule has 4 nitrogen and oxygen atoms in total. The van der Waals surface area contributed by atoms with Crippen LogP contribution < -0.4 is 5.32 Å². The predicted molar refractivity (Wildman–Crippen MR) is 80.6 cm³/mol. The maximum Gasteiger partial charge on any atom is 0.338 e. The third-order valence-corrected chi connectivity index (χ3v) is 5.44. The van der Waals surface area contributed by atoms with Crippen molar-refractivity contribution in [1.29, 1.82) is 0 Å². The highest BCUT2D eigenvalue weighted by Gasteiger charge is 2.19. The van der Waals surface area contributed by atoms with Crippen LogP contribution in [0.5, 0.6) is 0 Å². The summed E-state index contributed by atoms with van der Waals surface area (Å²) in [4.78, 5) is 24.6. The van der Waals surface area contributed by atoms with Gasteiger partial charge in [0.05, 0.1) is 5.56 Å². The number of thiophene rings is 2. The number of aryl methyl sites for hydroxylation is 1. The minimum atomic E-state index is -1.03. The molecule has 2 aromatic rings. The third-order valence-electron chi connectivity index (χ3n) is 2.41. The van der Waals surface area contributed by atoms with Crippen LogP contribution in [-0.4, -0.2) is 17.0 Å². The van der Waals surface area contributed by atoms with Crippen molar-refractivity contribution in [2.24, 2.45) is 0 Å². The lowest BCUT2D eigenvalue weighted by Crippen LogP contribution is -2.12. The first kappa shape index (κ1) is 14.2. The van der Waals surface area contributed by atoms with Crippen molar-refractivity contribution in [2.45, 2.75) is 13.3 Å². The van der Waals surface area contributed by atoms with Gasteiger partial charge in [-0.1, -0.05) is 6.92 Å². The zero-order valence-corrected chi connectivity index (χ0v) is 13.1. The van der Waals surface area contributed by atoms with Gasteiger partial charge in [0.25, 0.3) is 5.91 Å². The zero-order chi connectivity index (χ0) is 14.0.